The molecule has 1 saturated heterocycles. The zero-order valence-electron chi connectivity index (χ0n) is 14.6. The minimum absolute atomic E-state index is 0. The molecule has 0 atom stereocenters. The van der Waals surface area contributed by atoms with Crippen molar-refractivity contribution in [2.45, 2.75) is 0 Å². The summed E-state index contributed by atoms with van der Waals surface area (Å²) in [5, 5.41) is 2.65. The minimum atomic E-state index is -1.45. The zero-order chi connectivity index (χ0) is 18.3. The molecule has 0 bridgehead atoms. The maximum absolute atomic E-state index is 5.77. The van der Waals surface area contributed by atoms with Crippen LogP contribution in [-0.4, -0.2) is 0 Å². The minimum Gasteiger partial charge on any atom is -0.0767 e. The number of allylic oxidation sites excluding steroid dienone is 16. The van der Waals surface area contributed by atoms with Gasteiger partial charge in [0.25, 0.3) is 0 Å². The van der Waals surface area contributed by atoms with Gasteiger partial charge in [0.15, 0.2) is 0 Å². The largest absolute Gasteiger partial charge is 0.0962 e. The first kappa shape index (κ1) is 27.0. The third kappa shape index (κ3) is 7.58. The van der Waals surface area contributed by atoms with Gasteiger partial charge < -0.3 is 0 Å². The van der Waals surface area contributed by atoms with E-state index in [9.17, 15) is 0 Å². The molecule has 148 valence electrons. The average molecular weight is 560 g/mol. The van der Waals surface area contributed by atoms with Crippen molar-refractivity contribution in [2.24, 2.45) is 0 Å². The van der Waals surface area contributed by atoms with E-state index in [1.165, 1.54) is 10.6 Å². The molecule has 4 aliphatic carbocycles. The van der Waals surface area contributed by atoms with Crippen LogP contribution in [0, 0.1) is 25.7 Å². The topological polar surface area (TPSA) is 0 Å². The first-order valence-corrected chi connectivity index (χ1v) is 17.7. The molecule has 4 radical (unpaired) electrons. The monoisotopic (exact) mass is 560 g/mol. The Balaban J connectivity index is 0.000000271. The summed E-state index contributed by atoms with van der Waals surface area (Å²) in [6.45, 7) is 0. The summed E-state index contributed by atoms with van der Waals surface area (Å²) in [6, 6.07) is 0. The predicted octanol–water partition coefficient (Wildman–Crippen LogP) is 8.03. The van der Waals surface area contributed by atoms with Crippen LogP contribution in [0.5, 0.6) is 0 Å². The molecule has 0 aromatic carbocycles. The molecule has 0 nitrogen and oxygen atoms in total. The van der Waals surface area contributed by atoms with Crippen molar-refractivity contribution < 1.29 is 34.1 Å². The molecule has 1 fully saturated rings. The molecule has 0 aromatic heterocycles. The summed E-state index contributed by atoms with van der Waals surface area (Å²) in [4.78, 5) is 0. The van der Waals surface area contributed by atoms with E-state index >= 15 is 0 Å². The quantitative estimate of drug-likeness (QED) is 0.248. The van der Waals surface area contributed by atoms with Crippen LogP contribution in [0.1, 0.15) is 0 Å². The predicted molar refractivity (Wildman–Crippen MR) is 132 cm³/mol. The maximum Gasteiger partial charge on any atom is 0.0962 e. The van der Waals surface area contributed by atoms with Crippen molar-refractivity contribution in [1.82, 2.24) is 0 Å². The van der Waals surface area contributed by atoms with Crippen molar-refractivity contribution >= 4 is 54.5 Å². The fourth-order valence-electron chi connectivity index (χ4n) is 2.21. The summed E-state index contributed by atoms with van der Waals surface area (Å²) in [5.41, 5.74) is 0. The molecule has 0 unspecified atom stereocenters. The van der Waals surface area contributed by atoms with E-state index in [1.807, 2.05) is 83.5 Å². The third-order valence-electron chi connectivity index (χ3n) is 3.46. The van der Waals surface area contributed by atoms with Crippen molar-refractivity contribution in [3.05, 3.63) is 121 Å². The van der Waals surface area contributed by atoms with E-state index in [1.54, 1.807) is 0 Å². The molecule has 28 heavy (non-hydrogen) atoms. The van der Waals surface area contributed by atoms with Gasteiger partial charge in [0.2, 0.25) is 0 Å². The maximum atomic E-state index is 5.77. The van der Waals surface area contributed by atoms with Crippen molar-refractivity contribution in [2.75, 3.05) is 0 Å². The van der Waals surface area contributed by atoms with Crippen LogP contribution >= 0.6 is 30.9 Å². The van der Waals surface area contributed by atoms with Crippen molar-refractivity contribution in [3.63, 3.8) is 0 Å². The van der Waals surface area contributed by atoms with Gasteiger partial charge in [-0.1, -0.05) is 131 Å². The van der Waals surface area contributed by atoms with Crippen LogP contribution in [0.3, 0.4) is 0 Å². The van der Waals surface area contributed by atoms with Gasteiger partial charge in [-0.05, 0) is 0 Å². The third-order valence-corrected chi connectivity index (χ3v) is 34.7. The Morgan fingerprint density at radius 1 is 0.500 bits per heavy atom. The van der Waals surface area contributed by atoms with E-state index in [0.717, 1.165) is 0 Å². The summed E-state index contributed by atoms with van der Waals surface area (Å²) < 4.78 is -2.90. The molecule has 0 spiro atoms. The molecule has 8 heteroatoms. The van der Waals surface area contributed by atoms with E-state index < -0.39 is 8.88 Å². The standard InChI is InChI=1S/C10H8P2S4.2C5H5.2Fe/c13-11(9-5-1-2-6-9)15-12(14,16-11)10-7-3-4-8-10;2*1-2-4-5-3-1;;/h1-8H;2*1-5H;;. The smallest absolute Gasteiger partial charge is 0.0767 e. The molecule has 0 aromatic rings. The second-order valence-corrected chi connectivity index (χ2v) is 26.7. The van der Waals surface area contributed by atoms with Gasteiger partial charge in [-0.15, -0.1) is 0 Å². The molecule has 1 heterocycles. The fraction of sp³-hybridized carbons (Fsp3) is 0. The Morgan fingerprint density at radius 3 is 1.07 bits per heavy atom. The van der Waals surface area contributed by atoms with Crippen molar-refractivity contribution in [1.29, 1.82) is 0 Å². The number of rotatable bonds is 2. The van der Waals surface area contributed by atoms with Crippen LogP contribution in [0.2, 0.25) is 0 Å². The van der Waals surface area contributed by atoms with Gasteiger partial charge in [0.1, 0.15) is 0 Å². The van der Waals surface area contributed by atoms with Gasteiger partial charge in [0.05, 0.1) is 8.88 Å². The van der Waals surface area contributed by atoms with E-state index in [0.29, 0.717) is 0 Å². The van der Waals surface area contributed by atoms with Crippen LogP contribution in [0.15, 0.2) is 95.7 Å². The molecule has 0 saturated carbocycles. The summed E-state index contributed by atoms with van der Waals surface area (Å²) in [5.74, 6) is 0. The van der Waals surface area contributed by atoms with E-state index in [4.69, 9.17) is 23.6 Å². The zero-order valence-corrected chi connectivity index (χ0v) is 21.9. The average Bonchev–Trinajstić information content (AvgIpc) is 3.47. The summed E-state index contributed by atoms with van der Waals surface area (Å²) in [6.07, 6.45) is 36.8. The molecule has 1 aliphatic heterocycles. The number of hydrogen-bond donors (Lipinski definition) is 0. The molecule has 5 aliphatic rings. The van der Waals surface area contributed by atoms with Gasteiger partial charge in [-0.25, -0.2) is 0 Å². The Kier molecular flexibility index (Phi) is 12.9. The Bertz CT molecular complexity index is 773. The molecular formula is C20H18Fe2P2S4. The summed E-state index contributed by atoms with van der Waals surface area (Å²) >= 11 is 15.4. The molecule has 0 N–H and O–H groups in total. The van der Waals surface area contributed by atoms with Gasteiger partial charge in [0, 0.05) is 70.4 Å². The van der Waals surface area contributed by atoms with E-state index in [2.05, 4.69) is 49.3 Å². The molecular weight excluding hydrogens is 542 g/mol. The Hall–Kier alpha value is 0.959. The van der Waals surface area contributed by atoms with Crippen LogP contribution < -0.4 is 0 Å². The van der Waals surface area contributed by atoms with Crippen LogP contribution in [0.4, 0.5) is 0 Å². The van der Waals surface area contributed by atoms with Crippen LogP contribution in [0.25, 0.3) is 0 Å². The SMILES string of the molecule is S=P1(C2=C[CH]C=C2)SP(=S)(C2=C[CH]C=C2)S1.[CH]1C=CC=C1.[CH]1C=CC=C1.[Fe].[Fe]. The fourth-order valence-corrected chi connectivity index (χ4v) is 44.5. The molecule has 0 amide bonds. The van der Waals surface area contributed by atoms with E-state index in [-0.39, 0.29) is 34.1 Å². The Morgan fingerprint density at radius 2 is 0.857 bits per heavy atom. The first-order valence-electron chi connectivity index (χ1n) is 8.03. The van der Waals surface area contributed by atoms with Gasteiger partial charge in [-0.2, -0.15) is 0 Å². The van der Waals surface area contributed by atoms with Gasteiger partial charge in [-0.3, -0.25) is 0 Å². The van der Waals surface area contributed by atoms with Crippen molar-refractivity contribution in [3.8, 4) is 0 Å². The normalized spacial score (nSPS) is 29.6. The molecule has 5 rings (SSSR count). The first-order chi connectivity index (χ1) is 12.6. The summed E-state index contributed by atoms with van der Waals surface area (Å²) in [7, 11) is 0. The van der Waals surface area contributed by atoms with Gasteiger partial charge >= 0.3 is 0 Å². The number of hydrogen-bond acceptors (Lipinski definition) is 4. The second-order valence-electron chi connectivity index (χ2n) is 5.37. The Labute approximate surface area is 208 Å². The van der Waals surface area contributed by atoms with Crippen LogP contribution in [-0.2, 0) is 57.8 Å². The second kappa shape index (κ2) is 13.4.